The molecule has 1 rings (SSSR count). The number of benzene rings is 1. The van der Waals surface area contributed by atoms with Crippen molar-refractivity contribution in [2.75, 3.05) is 0 Å². The molecule has 0 aliphatic carbocycles. The molecule has 0 atom stereocenters. The zero-order valence-corrected chi connectivity index (χ0v) is 17.5. The molecule has 1 aromatic rings. The summed E-state index contributed by atoms with van der Waals surface area (Å²) >= 11 is 0. The smallest absolute Gasteiger partial charge is 0.335 e. The number of esters is 1. The molecule has 28 heavy (non-hydrogen) atoms. The Hall–Kier alpha value is -3.08. The van der Waals surface area contributed by atoms with E-state index in [-0.39, 0.29) is 17.3 Å². The first-order valence-electron chi connectivity index (χ1n) is 8.92. The largest absolute Gasteiger partial charge is 0.423 e. The molecule has 5 nitrogen and oxygen atoms in total. The average molecular weight is 386 g/mol. The van der Waals surface area contributed by atoms with Crippen LogP contribution in [0.4, 0.5) is 0 Å². The maximum atomic E-state index is 11.1. The van der Waals surface area contributed by atoms with E-state index in [9.17, 15) is 19.2 Å². The van der Waals surface area contributed by atoms with Crippen LogP contribution in [0.1, 0.15) is 53.5 Å². The highest BCUT2D eigenvalue weighted by atomic mass is 16.5. The second-order valence-corrected chi connectivity index (χ2v) is 5.60. The summed E-state index contributed by atoms with van der Waals surface area (Å²) in [5.41, 5.74) is 0.881. The van der Waals surface area contributed by atoms with Crippen LogP contribution < -0.4 is 4.74 Å². The van der Waals surface area contributed by atoms with Crippen LogP contribution in [0, 0.1) is 0 Å². The predicted octanol–water partition coefficient (Wildman–Crippen LogP) is 4.91. The van der Waals surface area contributed by atoms with Gasteiger partial charge in [-0.3, -0.25) is 9.59 Å². The summed E-state index contributed by atoms with van der Waals surface area (Å²) in [6.07, 6.45) is 10.1. The molecule has 152 valence electrons. The molecule has 5 heteroatoms. The minimum absolute atomic E-state index is 0.00594. The zero-order valence-electron chi connectivity index (χ0n) is 17.5. The fourth-order valence-electron chi connectivity index (χ4n) is 1.38. The van der Waals surface area contributed by atoms with Crippen molar-refractivity contribution >= 4 is 29.4 Å². The maximum Gasteiger partial charge on any atom is 0.335 e. The second kappa shape index (κ2) is 17.3. The van der Waals surface area contributed by atoms with Gasteiger partial charge in [-0.2, -0.15) is 0 Å². The van der Waals surface area contributed by atoms with Gasteiger partial charge in [0.2, 0.25) is 0 Å². The minimum atomic E-state index is -0.403. The Labute approximate surface area is 167 Å². The van der Waals surface area contributed by atoms with Crippen molar-refractivity contribution in [3.8, 4) is 5.75 Å². The first-order chi connectivity index (χ1) is 13.2. The number of carbonyl (C=O) groups is 4. The van der Waals surface area contributed by atoms with Gasteiger partial charge in [0, 0.05) is 12.5 Å². The van der Waals surface area contributed by atoms with E-state index in [0.717, 1.165) is 5.56 Å². The second-order valence-electron chi connectivity index (χ2n) is 5.60. The molecular weight excluding hydrogens is 356 g/mol. The van der Waals surface area contributed by atoms with E-state index in [2.05, 4.69) is 0 Å². The van der Waals surface area contributed by atoms with Gasteiger partial charge in [-0.25, -0.2) is 4.79 Å². The lowest BCUT2D eigenvalue weighted by Gasteiger charge is -2.01. The highest BCUT2D eigenvalue weighted by Gasteiger charge is 1.99. The molecule has 0 aliphatic heterocycles. The van der Waals surface area contributed by atoms with Gasteiger partial charge in [-0.1, -0.05) is 37.3 Å². The van der Waals surface area contributed by atoms with Crippen LogP contribution >= 0.6 is 0 Å². The lowest BCUT2D eigenvalue weighted by atomic mass is 10.2. The Balaban J connectivity index is 0. The van der Waals surface area contributed by atoms with Gasteiger partial charge in [-0.05, 0) is 64.5 Å². The van der Waals surface area contributed by atoms with Crippen molar-refractivity contribution in [2.24, 2.45) is 0 Å². The van der Waals surface area contributed by atoms with E-state index < -0.39 is 5.97 Å². The maximum absolute atomic E-state index is 11.1. The first kappa shape index (κ1) is 27.1. The number of ether oxygens (including phenoxy) is 1. The summed E-state index contributed by atoms with van der Waals surface area (Å²) in [4.78, 5) is 41.7. The normalized spacial score (nSPS) is 10.1. The van der Waals surface area contributed by atoms with Gasteiger partial charge >= 0.3 is 5.97 Å². The van der Waals surface area contributed by atoms with Crippen LogP contribution in [-0.4, -0.2) is 23.3 Å². The third-order valence-electron chi connectivity index (χ3n) is 2.81. The van der Waals surface area contributed by atoms with Crippen LogP contribution in [-0.2, 0) is 19.2 Å². The lowest BCUT2D eigenvalue weighted by Crippen LogP contribution is -2.03. The molecule has 0 radical (unpaired) electrons. The Morgan fingerprint density at radius 1 is 0.821 bits per heavy atom. The van der Waals surface area contributed by atoms with Crippen LogP contribution in [0.5, 0.6) is 5.75 Å². The van der Waals surface area contributed by atoms with Gasteiger partial charge in [0.05, 0.1) is 0 Å². The molecular formula is C23H30O5. The van der Waals surface area contributed by atoms with E-state index in [1.165, 1.54) is 32.1 Å². The highest BCUT2D eigenvalue weighted by Crippen LogP contribution is 2.13. The molecule has 0 heterocycles. The van der Waals surface area contributed by atoms with Crippen molar-refractivity contribution in [2.45, 2.75) is 48.0 Å². The van der Waals surface area contributed by atoms with E-state index in [4.69, 9.17) is 4.74 Å². The molecule has 0 N–H and O–H groups in total. The number of ketones is 3. The van der Waals surface area contributed by atoms with Crippen molar-refractivity contribution in [1.29, 1.82) is 0 Å². The quantitative estimate of drug-likeness (QED) is 0.394. The molecule has 0 aliphatic rings. The summed E-state index contributed by atoms with van der Waals surface area (Å²) in [7, 11) is 0. The molecule has 0 saturated heterocycles. The van der Waals surface area contributed by atoms with E-state index >= 15 is 0 Å². The molecule has 0 spiro atoms. The summed E-state index contributed by atoms with van der Waals surface area (Å²) in [6, 6.07) is 6.91. The molecule has 1 aromatic carbocycles. The Bertz CT molecular complexity index is 707. The molecule has 0 amide bonds. The Morgan fingerprint density at radius 3 is 1.61 bits per heavy atom. The molecule has 0 unspecified atom stereocenters. The molecule has 0 aromatic heterocycles. The van der Waals surface area contributed by atoms with Gasteiger partial charge in [0.15, 0.2) is 11.6 Å². The highest BCUT2D eigenvalue weighted by molar-refractivity contribution is 5.91. The fraction of sp³-hybridized carbons (Fsp3) is 0.304. The van der Waals surface area contributed by atoms with E-state index in [0.29, 0.717) is 12.2 Å². The van der Waals surface area contributed by atoms with Crippen molar-refractivity contribution in [3.05, 3.63) is 60.2 Å². The number of carbonyl (C=O) groups excluding carboxylic acids is 4. The zero-order chi connectivity index (χ0) is 21.9. The van der Waals surface area contributed by atoms with Crippen LogP contribution in [0.15, 0.2) is 54.6 Å². The first-order valence-corrected chi connectivity index (χ1v) is 8.92. The average Bonchev–Trinajstić information content (AvgIpc) is 2.62. The Kier molecular flexibility index (Phi) is 16.8. The Morgan fingerprint density at radius 2 is 1.29 bits per heavy atom. The standard InChI is InChI=1S/C14H14O3.C5H8O.C4H8O/c1-3-4-14(16)17-13-9-7-12(8-10-13)6-5-11(2)15;1-3-4-5(2)6;1-3-4(2)5/h3-10H,1-2H3;3-4H,1-2H3;3H2,1-2H3/b4-3+,6-5+;4-3+;. The number of rotatable bonds is 6. The van der Waals surface area contributed by atoms with E-state index in [1.807, 2.05) is 13.8 Å². The summed E-state index contributed by atoms with van der Waals surface area (Å²) in [5, 5.41) is 0. The predicted molar refractivity (Wildman–Crippen MR) is 113 cm³/mol. The lowest BCUT2D eigenvalue weighted by molar-refractivity contribution is -0.129. The van der Waals surface area contributed by atoms with Gasteiger partial charge in [-0.15, -0.1) is 0 Å². The van der Waals surface area contributed by atoms with Crippen molar-refractivity contribution in [3.63, 3.8) is 0 Å². The molecule has 0 saturated carbocycles. The van der Waals surface area contributed by atoms with Crippen LogP contribution in [0.2, 0.25) is 0 Å². The number of hydrogen-bond acceptors (Lipinski definition) is 5. The van der Waals surface area contributed by atoms with Crippen LogP contribution in [0.25, 0.3) is 6.08 Å². The summed E-state index contributed by atoms with van der Waals surface area (Å²) < 4.78 is 5.02. The minimum Gasteiger partial charge on any atom is -0.423 e. The summed E-state index contributed by atoms with van der Waals surface area (Å²) in [6.45, 7) is 10.0. The van der Waals surface area contributed by atoms with Gasteiger partial charge in [0.1, 0.15) is 11.5 Å². The van der Waals surface area contributed by atoms with Gasteiger partial charge in [0.25, 0.3) is 0 Å². The van der Waals surface area contributed by atoms with Crippen LogP contribution in [0.3, 0.4) is 0 Å². The number of hydrogen-bond donors (Lipinski definition) is 0. The molecule has 0 fully saturated rings. The third kappa shape index (κ3) is 19.2. The van der Waals surface area contributed by atoms with Crippen molar-refractivity contribution < 1.29 is 23.9 Å². The van der Waals surface area contributed by atoms with E-state index in [1.54, 1.807) is 56.3 Å². The topological polar surface area (TPSA) is 77.5 Å². The third-order valence-corrected chi connectivity index (χ3v) is 2.81. The number of allylic oxidation sites excluding steroid dienone is 4. The number of Topliss-reactive ketones (excluding diaryl/α,β-unsaturated/α-hetero) is 1. The fourth-order valence-corrected chi connectivity index (χ4v) is 1.38. The summed E-state index contributed by atoms with van der Waals surface area (Å²) in [5.74, 6) is 0.434. The SMILES string of the molecule is C/C=C/C(=O)Oc1ccc(/C=C/C(C)=O)cc1.C/C=C/C(C)=O.CCC(C)=O. The van der Waals surface area contributed by atoms with Gasteiger partial charge < -0.3 is 9.53 Å². The molecule has 0 bridgehead atoms. The van der Waals surface area contributed by atoms with Crippen molar-refractivity contribution in [1.82, 2.24) is 0 Å². The monoisotopic (exact) mass is 386 g/mol.